The Labute approximate surface area is 117 Å². The van der Waals surface area contributed by atoms with Crippen LogP contribution in [0.4, 0.5) is 5.69 Å². The summed E-state index contributed by atoms with van der Waals surface area (Å²) in [5.41, 5.74) is 3.41. The van der Waals surface area contributed by atoms with Crippen LogP contribution < -0.4 is 5.32 Å². The Morgan fingerprint density at radius 3 is 2.53 bits per heavy atom. The molecule has 1 aromatic heterocycles. The van der Waals surface area contributed by atoms with Crippen LogP contribution in [0.5, 0.6) is 0 Å². The molecule has 0 bridgehead atoms. The summed E-state index contributed by atoms with van der Waals surface area (Å²) in [6, 6.07) is 4.85. The third kappa shape index (κ3) is 4.20. The average molecular weight is 261 g/mol. The maximum Gasteiger partial charge on any atom is 0.0606 e. The molecule has 0 aromatic carbocycles. The molecule has 1 aromatic rings. The van der Waals surface area contributed by atoms with Gasteiger partial charge in [-0.1, -0.05) is 13.8 Å². The largest absolute Gasteiger partial charge is 0.381 e. The zero-order chi connectivity index (χ0) is 13.8. The quantitative estimate of drug-likeness (QED) is 0.902. The van der Waals surface area contributed by atoms with Gasteiger partial charge in [-0.05, 0) is 44.7 Å². The van der Waals surface area contributed by atoms with Crippen LogP contribution >= 0.6 is 0 Å². The number of likely N-dealkylation sites (tertiary alicyclic amines) is 1. The molecule has 0 aliphatic carbocycles. The number of piperidine rings is 1. The van der Waals surface area contributed by atoms with Crippen molar-refractivity contribution in [3.05, 3.63) is 23.5 Å². The molecule has 106 valence electrons. The average Bonchev–Trinajstić information content (AvgIpc) is 2.34. The van der Waals surface area contributed by atoms with E-state index in [9.17, 15) is 0 Å². The monoisotopic (exact) mass is 261 g/mol. The van der Waals surface area contributed by atoms with Gasteiger partial charge in [0.25, 0.3) is 0 Å². The van der Waals surface area contributed by atoms with Gasteiger partial charge in [-0.25, -0.2) is 0 Å². The molecule has 0 unspecified atom stereocenters. The topological polar surface area (TPSA) is 28.2 Å². The molecule has 3 heteroatoms. The van der Waals surface area contributed by atoms with Gasteiger partial charge >= 0.3 is 0 Å². The lowest BCUT2D eigenvalue weighted by Crippen LogP contribution is -2.40. The van der Waals surface area contributed by atoms with Crippen LogP contribution in [0.1, 0.15) is 38.1 Å². The summed E-state index contributed by atoms with van der Waals surface area (Å²) < 4.78 is 0. The Morgan fingerprint density at radius 1 is 1.26 bits per heavy atom. The van der Waals surface area contributed by atoms with E-state index in [0.29, 0.717) is 6.04 Å². The Bertz CT molecular complexity index is 406. The molecule has 1 aliphatic rings. The van der Waals surface area contributed by atoms with Gasteiger partial charge in [-0.3, -0.25) is 4.98 Å². The third-order valence-corrected chi connectivity index (χ3v) is 3.80. The van der Waals surface area contributed by atoms with E-state index in [1.807, 2.05) is 6.92 Å². The van der Waals surface area contributed by atoms with Crippen molar-refractivity contribution < 1.29 is 0 Å². The molecule has 2 heterocycles. The van der Waals surface area contributed by atoms with Crippen molar-refractivity contribution in [3.8, 4) is 0 Å². The predicted molar refractivity (Wildman–Crippen MR) is 81.6 cm³/mol. The second kappa shape index (κ2) is 6.38. The number of rotatable bonds is 4. The minimum atomic E-state index is 0.603. The van der Waals surface area contributed by atoms with Crippen LogP contribution in [0.2, 0.25) is 0 Å². The van der Waals surface area contributed by atoms with Gasteiger partial charge in [0.05, 0.1) is 11.4 Å². The third-order valence-electron chi connectivity index (χ3n) is 3.80. The van der Waals surface area contributed by atoms with Crippen molar-refractivity contribution in [1.82, 2.24) is 9.88 Å². The minimum Gasteiger partial charge on any atom is -0.381 e. The van der Waals surface area contributed by atoms with E-state index in [2.05, 4.69) is 48.1 Å². The number of nitrogens with one attached hydrogen (secondary N) is 1. The van der Waals surface area contributed by atoms with E-state index < -0.39 is 0 Å². The van der Waals surface area contributed by atoms with E-state index >= 15 is 0 Å². The summed E-state index contributed by atoms with van der Waals surface area (Å²) in [7, 11) is 0. The Kier molecular flexibility index (Phi) is 4.81. The molecular weight excluding hydrogens is 234 g/mol. The van der Waals surface area contributed by atoms with Crippen LogP contribution in [0, 0.1) is 19.8 Å². The number of aryl methyl sites for hydroxylation is 2. The Hall–Kier alpha value is -1.09. The number of nitrogens with zero attached hydrogens (tertiary/aromatic N) is 2. The zero-order valence-electron chi connectivity index (χ0n) is 12.7. The van der Waals surface area contributed by atoms with E-state index in [-0.39, 0.29) is 0 Å². The number of aromatic nitrogens is 1. The van der Waals surface area contributed by atoms with Gasteiger partial charge in [0, 0.05) is 31.4 Å². The highest BCUT2D eigenvalue weighted by Gasteiger charge is 2.19. The van der Waals surface area contributed by atoms with E-state index in [0.717, 1.165) is 17.3 Å². The second-order valence-electron chi connectivity index (χ2n) is 6.20. The van der Waals surface area contributed by atoms with E-state index in [4.69, 9.17) is 0 Å². The fraction of sp³-hybridized carbons (Fsp3) is 0.688. The van der Waals surface area contributed by atoms with Crippen molar-refractivity contribution >= 4 is 5.69 Å². The van der Waals surface area contributed by atoms with Crippen molar-refractivity contribution in [1.29, 1.82) is 0 Å². The van der Waals surface area contributed by atoms with Gasteiger partial charge in [-0.15, -0.1) is 0 Å². The molecule has 1 fully saturated rings. The number of pyridine rings is 1. The summed E-state index contributed by atoms with van der Waals surface area (Å²) in [4.78, 5) is 7.11. The van der Waals surface area contributed by atoms with Crippen LogP contribution in [-0.4, -0.2) is 35.6 Å². The molecule has 19 heavy (non-hydrogen) atoms. The van der Waals surface area contributed by atoms with Crippen molar-refractivity contribution in [2.75, 3.05) is 25.0 Å². The Balaban J connectivity index is 1.85. The second-order valence-corrected chi connectivity index (χ2v) is 6.20. The maximum atomic E-state index is 4.52. The zero-order valence-corrected chi connectivity index (χ0v) is 12.7. The molecule has 1 saturated heterocycles. The lowest BCUT2D eigenvalue weighted by atomic mass is 10.0. The van der Waals surface area contributed by atoms with E-state index in [1.54, 1.807) is 0 Å². The lowest BCUT2D eigenvalue weighted by molar-refractivity contribution is 0.198. The molecule has 1 aliphatic heterocycles. The fourth-order valence-electron chi connectivity index (χ4n) is 2.84. The predicted octanol–water partition coefficient (Wildman–Crippen LogP) is 3.23. The summed E-state index contributed by atoms with van der Waals surface area (Å²) >= 11 is 0. The van der Waals surface area contributed by atoms with Crippen molar-refractivity contribution in [2.45, 2.75) is 46.6 Å². The molecule has 0 radical (unpaired) electrons. The highest BCUT2D eigenvalue weighted by atomic mass is 15.1. The van der Waals surface area contributed by atoms with Gasteiger partial charge in [-0.2, -0.15) is 0 Å². The fourth-order valence-corrected chi connectivity index (χ4v) is 2.84. The first-order chi connectivity index (χ1) is 9.04. The molecule has 0 spiro atoms. The minimum absolute atomic E-state index is 0.603. The van der Waals surface area contributed by atoms with Crippen LogP contribution in [0.15, 0.2) is 12.1 Å². The number of anilines is 1. The number of hydrogen-bond acceptors (Lipinski definition) is 3. The van der Waals surface area contributed by atoms with E-state index in [1.165, 1.54) is 38.2 Å². The number of hydrogen-bond donors (Lipinski definition) is 1. The van der Waals surface area contributed by atoms with Gasteiger partial charge < -0.3 is 10.2 Å². The maximum absolute atomic E-state index is 4.52. The molecule has 0 saturated carbocycles. The van der Waals surface area contributed by atoms with Gasteiger partial charge in [0.2, 0.25) is 0 Å². The smallest absolute Gasteiger partial charge is 0.0606 e. The van der Waals surface area contributed by atoms with Crippen LogP contribution in [0.25, 0.3) is 0 Å². The first-order valence-electron chi connectivity index (χ1n) is 7.47. The van der Waals surface area contributed by atoms with Gasteiger partial charge in [0.1, 0.15) is 0 Å². The molecule has 0 atom stereocenters. The first-order valence-corrected chi connectivity index (χ1v) is 7.47. The summed E-state index contributed by atoms with van der Waals surface area (Å²) in [5.74, 6) is 0.771. The molecule has 1 N–H and O–H groups in total. The first kappa shape index (κ1) is 14.3. The lowest BCUT2D eigenvalue weighted by Gasteiger charge is -2.34. The van der Waals surface area contributed by atoms with Crippen molar-refractivity contribution in [2.24, 2.45) is 5.92 Å². The van der Waals surface area contributed by atoms with Gasteiger partial charge in [0.15, 0.2) is 0 Å². The molecule has 2 rings (SSSR count). The highest BCUT2D eigenvalue weighted by molar-refractivity contribution is 5.48. The van der Waals surface area contributed by atoms with Crippen molar-refractivity contribution in [3.63, 3.8) is 0 Å². The summed E-state index contributed by atoms with van der Waals surface area (Å²) in [6.45, 7) is 12.4. The summed E-state index contributed by atoms with van der Waals surface area (Å²) in [6.07, 6.45) is 2.47. The van der Waals surface area contributed by atoms with Crippen LogP contribution in [-0.2, 0) is 0 Å². The SMILES string of the molecule is Cc1ccc(NC2CCN(CC(C)C)CC2)c(C)n1. The highest BCUT2D eigenvalue weighted by Crippen LogP contribution is 2.19. The Morgan fingerprint density at radius 2 is 1.95 bits per heavy atom. The normalized spacial score (nSPS) is 17.9. The standard InChI is InChI=1S/C16H27N3/c1-12(2)11-19-9-7-15(8-10-19)18-16-6-5-13(3)17-14(16)4/h5-6,12,15,18H,7-11H2,1-4H3. The molecule has 0 amide bonds. The summed E-state index contributed by atoms with van der Waals surface area (Å²) in [5, 5.41) is 3.66. The molecule has 3 nitrogen and oxygen atoms in total. The molecular formula is C16H27N3. The van der Waals surface area contributed by atoms with Crippen LogP contribution in [0.3, 0.4) is 0 Å².